The molecule has 1 fully saturated rings. The van der Waals surface area contributed by atoms with Crippen molar-refractivity contribution in [2.75, 3.05) is 40.0 Å². The van der Waals surface area contributed by atoms with Crippen LogP contribution in [0.15, 0.2) is 48.5 Å². The number of benzene rings is 2. The maximum atomic E-state index is 13.7. The molecule has 28 heavy (non-hydrogen) atoms. The molecule has 1 N–H and O–H groups in total. The average molecular weight is 386 g/mol. The summed E-state index contributed by atoms with van der Waals surface area (Å²) in [5.74, 6) is 0.448. The number of rotatable bonds is 8. The Morgan fingerprint density at radius 3 is 2.75 bits per heavy atom. The van der Waals surface area contributed by atoms with Gasteiger partial charge in [0.25, 0.3) is 0 Å². The normalized spacial score (nSPS) is 15.8. The van der Waals surface area contributed by atoms with Crippen molar-refractivity contribution in [3.8, 4) is 5.75 Å². The van der Waals surface area contributed by atoms with E-state index in [9.17, 15) is 9.18 Å². The lowest BCUT2D eigenvalue weighted by molar-refractivity contribution is -0.121. The molecule has 5 nitrogen and oxygen atoms in total. The Labute approximate surface area is 165 Å². The summed E-state index contributed by atoms with van der Waals surface area (Å²) in [7, 11) is 1.65. The fraction of sp³-hybridized carbons (Fsp3) is 0.409. The number of halogens is 1. The zero-order valence-electron chi connectivity index (χ0n) is 16.2. The van der Waals surface area contributed by atoms with Crippen molar-refractivity contribution in [2.45, 2.75) is 18.9 Å². The van der Waals surface area contributed by atoms with Gasteiger partial charge in [-0.3, -0.25) is 9.69 Å². The Hall–Kier alpha value is -2.44. The summed E-state index contributed by atoms with van der Waals surface area (Å²) in [6, 6.07) is 14.5. The van der Waals surface area contributed by atoms with Gasteiger partial charge in [-0.05, 0) is 35.7 Å². The average Bonchev–Trinajstić information content (AvgIpc) is 2.74. The Morgan fingerprint density at radius 1 is 1.21 bits per heavy atom. The van der Waals surface area contributed by atoms with Crippen LogP contribution >= 0.6 is 0 Å². The van der Waals surface area contributed by atoms with E-state index in [4.69, 9.17) is 9.47 Å². The largest absolute Gasteiger partial charge is 0.497 e. The molecule has 3 rings (SSSR count). The predicted molar refractivity (Wildman–Crippen MR) is 106 cm³/mol. The molecule has 0 bridgehead atoms. The number of carbonyl (C=O) groups is 1. The molecule has 2 aromatic carbocycles. The quantitative estimate of drug-likeness (QED) is 0.758. The van der Waals surface area contributed by atoms with E-state index in [1.165, 1.54) is 6.07 Å². The van der Waals surface area contributed by atoms with Crippen LogP contribution in [0, 0.1) is 5.82 Å². The van der Waals surface area contributed by atoms with Gasteiger partial charge in [0.15, 0.2) is 0 Å². The smallest absolute Gasteiger partial charge is 0.220 e. The summed E-state index contributed by atoms with van der Waals surface area (Å²) in [6.45, 7) is 3.48. The van der Waals surface area contributed by atoms with E-state index in [1.54, 1.807) is 25.3 Å². The van der Waals surface area contributed by atoms with E-state index in [0.29, 0.717) is 31.7 Å². The van der Waals surface area contributed by atoms with Gasteiger partial charge in [0.05, 0.1) is 26.4 Å². The summed E-state index contributed by atoms with van der Waals surface area (Å²) in [6.07, 6.45) is 0.648. The molecule has 1 aliphatic heterocycles. The van der Waals surface area contributed by atoms with Crippen LogP contribution in [0.25, 0.3) is 0 Å². The Kier molecular flexibility index (Phi) is 7.39. The van der Waals surface area contributed by atoms with Crippen molar-refractivity contribution < 1.29 is 18.7 Å². The van der Waals surface area contributed by atoms with Crippen LogP contribution in [0.5, 0.6) is 5.75 Å². The number of hydrogen-bond donors (Lipinski definition) is 1. The third kappa shape index (κ3) is 5.53. The number of ether oxygens (including phenoxy) is 2. The molecule has 0 radical (unpaired) electrons. The molecule has 6 heteroatoms. The third-order valence-corrected chi connectivity index (χ3v) is 5.04. The molecule has 1 heterocycles. The van der Waals surface area contributed by atoms with Crippen molar-refractivity contribution in [3.63, 3.8) is 0 Å². The van der Waals surface area contributed by atoms with Crippen LogP contribution < -0.4 is 10.1 Å². The van der Waals surface area contributed by atoms with Crippen LogP contribution in [0.4, 0.5) is 4.39 Å². The van der Waals surface area contributed by atoms with Gasteiger partial charge in [-0.25, -0.2) is 4.39 Å². The summed E-state index contributed by atoms with van der Waals surface area (Å²) in [5.41, 5.74) is 1.66. The number of carbonyl (C=O) groups excluding carboxylic acids is 1. The highest BCUT2D eigenvalue weighted by Gasteiger charge is 2.23. The monoisotopic (exact) mass is 386 g/mol. The van der Waals surface area contributed by atoms with Gasteiger partial charge < -0.3 is 14.8 Å². The van der Waals surface area contributed by atoms with Crippen LogP contribution in [-0.2, 0) is 16.0 Å². The van der Waals surface area contributed by atoms with E-state index in [-0.39, 0.29) is 24.2 Å². The first-order chi connectivity index (χ1) is 13.7. The first kappa shape index (κ1) is 20.3. The summed E-state index contributed by atoms with van der Waals surface area (Å²) < 4.78 is 24.5. The van der Waals surface area contributed by atoms with Crippen molar-refractivity contribution in [2.24, 2.45) is 0 Å². The van der Waals surface area contributed by atoms with Crippen LogP contribution in [-0.4, -0.2) is 50.8 Å². The minimum absolute atomic E-state index is 0.0383. The molecule has 2 aromatic rings. The lowest BCUT2D eigenvalue weighted by Crippen LogP contribution is -2.43. The summed E-state index contributed by atoms with van der Waals surface area (Å²) >= 11 is 0. The second-order valence-electron chi connectivity index (χ2n) is 6.84. The van der Waals surface area contributed by atoms with E-state index >= 15 is 0 Å². The van der Waals surface area contributed by atoms with Gasteiger partial charge in [-0.1, -0.05) is 30.3 Å². The van der Waals surface area contributed by atoms with Gasteiger partial charge in [-0.15, -0.1) is 0 Å². The zero-order chi connectivity index (χ0) is 19.8. The Balaban J connectivity index is 1.62. The number of hydrogen-bond acceptors (Lipinski definition) is 4. The molecule has 0 aromatic heterocycles. The number of methoxy groups -OCH3 is 1. The zero-order valence-corrected chi connectivity index (χ0v) is 16.2. The van der Waals surface area contributed by atoms with Gasteiger partial charge in [0.1, 0.15) is 11.6 Å². The van der Waals surface area contributed by atoms with E-state index in [0.717, 1.165) is 24.4 Å². The SMILES string of the molecule is COc1cccc(C(CNC(=O)CCc2ccccc2F)N2CCOCC2)c1. The molecular weight excluding hydrogens is 359 g/mol. The van der Waals surface area contributed by atoms with E-state index in [2.05, 4.69) is 10.2 Å². The second-order valence-corrected chi connectivity index (χ2v) is 6.84. The fourth-order valence-corrected chi connectivity index (χ4v) is 3.44. The molecular formula is C22H27FN2O3. The van der Waals surface area contributed by atoms with Gasteiger partial charge in [0, 0.05) is 26.1 Å². The Morgan fingerprint density at radius 2 is 2.00 bits per heavy atom. The van der Waals surface area contributed by atoms with Crippen molar-refractivity contribution in [3.05, 3.63) is 65.5 Å². The molecule has 150 valence electrons. The maximum Gasteiger partial charge on any atom is 0.220 e. The molecule has 1 amide bonds. The lowest BCUT2D eigenvalue weighted by atomic mass is 10.0. The summed E-state index contributed by atoms with van der Waals surface area (Å²) in [4.78, 5) is 14.7. The lowest BCUT2D eigenvalue weighted by Gasteiger charge is -2.35. The number of amides is 1. The maximum absolute atomic E-state index is 13.7. The van der Waals surface area contributed by atoms with Crippen molar-refractivity contribution in [1.82, 2.24) is 10.2 Å². The van der Waals surface area contributed by atoms with Crippen LogP contribution in [0.3, 0.4) is 0 Å². The standard InChI is InChI=1S/C22H27FN2O3/c1-27-19-7-4-6-18(15-19)21(25-11-13-28-14-12-25)16-24-22(26)10-9-17-5-2-3-8-20(17)23/h2-8,15,21H,9-14,16H2,1H3,(H,24,26). The number of aryl methyl sites for hydroxylation is 1. The van der Waals surface area contributed by atoms with Crippen molar-refractivity contribution >= 4 is 5.91 Å². The molecule has 0 aliphatic carbocycles. The van der Waals surface area contributed by atoms with Gasteiger partial charge >= 0.3 is 0 Å². The highest BCUT2D eigenvalue weighted by molar-refractivity contribution is 5.76. The second kappa shape index (κ2) is 10.2. The number of nitrogens with one attached hydrogen (secondary N) is 1. The molecule has 1 unspecified atom stereocenters. The van der Waals surface area contributed by atoms with Crippen LogP contribution in [0.1, 0.15) is 23.6 Å². The summed E-state index contributed by atoms with van der Waals surface area (Å²) in [5, 5.41) is 3.02. The van der Waals surface area contributed by atoms with Gasteiger partial charge in [0.2, 0.25) is 5.91 Å². The van der Waals surface area contributed by atoms with Crippen LogP contribution in [0.2, 0.25) is 0 Å². The van der Waals surface area contributed by atoms with Gasteiger partial charge in [-0.2, -0.15) is 0 Å². The predicted octanol–water partition coefficient (Wildman–Crippen LogP) is 2.96. The Bertz CT molecular complexity index is 778. The minimum Gasteiger partial charge on any atom is -0.497 e. The highest BCUT2D eigenvalue weighted by atomic mass is 19.1. The van der Waals surface area contributed by atoms with E-state index < -0.39 is 0 Å². The number of morpholine rings is 1. The minimum atomic E-state index is -0.266. The molecule has 0 saturated carbocycles. The fourth-order valence-electron chi connectivity index (χ4n) is 3.44. The highest BCUT2D eigenvalue weighted by Crippen LogP contribution is 2.25. The van der Waals surface area contributed by atoms with E-state index in [1.807, 2.05) is 24.3 Å². The molecule has 1 aliphatic rings. The third-order valence-electron chi connectivity index (χ3n) is 5.04. The molecule has 1 saturated heterocycles. The first-order valence-electron chi connectivity index (χ1n) is 9.63. The molecule has 1 atom stereocenters. The molecule has 0 spiro atoms. The topological polar surface area (TPSA) is 50.8 Å². The first-order valence-corrected chi connectivity index (χ1v) is 9.63. The number of nitrogens with zero attached hydrogens (tertiary/aromatic N) is 1. The van der Waals surface area contributed by atoms with Crippen molar-refractivity contribution in [1.29, 1.82) is 0 Å².